The summed E-state index contributed by atoms with van der Waals surface area (Å²) in [6.07, 6.45) is 1.41. The molecule has 0 fully saturated rings. The number of carbonyl (C=O) groups excluding carboxylic acids is 2. The van der Waals surface area contributed by atoms with Gasteiger partial charge in [0.1, 0.15) is 12.4 Å². The number of hydrazone groups is 1. The number of amides is 2. The van der Waals surface area contributed by atoms with Crippen molar-refractivity contribution in [3.63, 3.8) is 0 Å². The number of halogens is 3. The molecule has 3 aromatic rings. The smallest absolute Gasteiger partial charge is 0.329 e. The van der Waals surface area contributed by atoms with E-state index in [4.69, 9.17) is 27.9 Å². The highest BCUT2D eigenvalue weighted by Gasteiger charge is 2.14. The maximum atomic E-state index is 11.9. The molecule has 2 amide bonds. The van der Waals surface area contributed by atoms with E-state index in [9.17, 15) is 9.59 Å². The molecule has 0 aliphatic rings. The fourth-order valence-electron chi connectivity index (χ4n) is 2.44. The predicted octanol–water partition coefficient (Wildman–Crippen LogP) is 5.42. The maximum Gasteiger partial charge on any atom is 0.329 e. The van der Waals surface area contributed by atoms with Crippen LogP contribution in [-0.2, 0) is 16.2 Å². The van der Waals surface area contributed by atoms with Gasteiger partial charge in [0.2, 0.25) is 0 Å². The average molecular weight is 521 g/mol. The maximum absolute atomic E-state index is 11.9. The second kappa shape index (κ2) is 10.9. The van der Waals surface area contributed by atoms with Crippen molar-refractivity contribution in [2.75, 3.05) is 5.32 Å². The number of carbonyl (C=O) groups is 2. The van der Waals surface area contributed by atoms with Crippen LogP contribution in [0.2, 0.25) is 10.0 Å². The zero-order chi connectivity index (χ0) is 22.2. The van der Waals surface area contributed by atoms with Crippen LogP contribution in [0.25, 0.3) is 0 Å². The topological polar surface area (TPSA) is 79.8 Å². The molecular weight excluding hydrogens is 505 g/mol. The first-order valence-electron chi connectivity index (χ1n) is 8.98. The molecule has 0 radical (unpaired) electrons. The van der Waals surface area contributed by atoms with Crippen LogP contribution in [-0.4, -0.2) is 18.0 Å². The molecule has 0 aromatic heterocycles. The Morgan fingerprint density at radius 1 is 0.968 bits per heavy atom. The molecule has 3 rings (SSSR count). The van der Waals surface area contributed by atoms with Crippen LogP contribution in [0, 0.1) is 0 Å². The molecule has 31 heavy (non-hydrogen) atoms. The Morgan fingerprint density at radius 3 is 2.39 bits per heavy atom. The van der Waals surface area contributed by atoms with Crippen molar-refractivity contribution in [1.82, 2.24) is 5.43 Å². The van der Waals surface area contributed by atoms with Crippen LogP contribution >= 0.6 is 39.1 Å². The van der Waals surface area contributed by atoms with Crippen LogP contribution in [0.1, 0.15) is 11.1 Å². The van der Waals surface area contributed by atoms with Gasteiger partial charge in [-0.05, 0) is 57.9 Å². The lowest BCUT2D eigenvalue weighted by Crippen LogP contribution is -2.32. The Kier molecular flexibility index (Phi) is 8.06. The lowest BCUT2D eigenvalue weighted by Gasteiger charge is -2.10. The van der Waals surface area contributed by atoms with E-state index in [1.54, 1.807) is 48.5 Å². The van der Waals surface area contributed by atoms with E-state index in [0.717, 1.165) is 5.56 Å². The van der Waals surface area contributed by atoms with Gasteiger partial charge in [-0.1, -0.05) is 53.5 Å². The first-order valence-corrected chi connectivity index (χ1v) is 10.5. The summed E-state index contributed by atoms with van der Waals surface area (Å²) < 4.78 is 6.49. The molecule has 0 aliphatic heterocycles. The number of nitrogens with one attached hydrogen (secondary N) is 2. The van der Waals surface area contributed by atoms with Crippen molar-refractivity contribution in [1.29, 1.82) is 0 Å². The molecule has 158 valence electrons. The molecule has 6 nitrogen and oxygen atoms in total. The van der Waals surface area contributed by atoms with Gasteiger partial charge in [0, 0.05) is 10.6 Å². The number of hydrogen-bond donors (Lipinski definition) is 2. The van der Waals surface area contributed by atoms with E-state index in [1.165, 1.54) is 6.21 Å². The SMILES string of the molecule is O=C(N/N=C\c1ccc(OCc2ccccc2Cl)c(Br)c1)C(=O)Nc1ccccc1Cl. The minimum atomic E-state index is -0.921. The monoisotopic (exact) mass is 519 g/mol. The third-order valence-electron chi connectivity index (χ3n) is 4.00. The van der Waals surface area contributed by atoms with Crippen LogP contribution in [0.15, 0.2) is 76.3 Å². The molecule has 0 spiro atoms. The Hall–Kier alpha value is -2.87. The summed E-state index contributed by atoms with van der Waals surface area (Å²) in [5, 5.41) is 7.19. The number of para-hydroxylation sites is 1. The number of ether oxygens (including phenoxy) is 1. The van der Waals surface area contributed by atoms with E-state index in [0.29, 0.717) is 38.1 Å². The van der Waals surface area contributed by atoms with Gasteiger partial charge in [0.05, 0.1) is 21.4 Å². The first kappa shape index (κ1) is 22.8. The summed E-state index contributed by atoms with van der Waals surface area (Å²) >= 11 is 15.5. The zero-order valence-corrected chi connectivity index (χ0v) is 19.0. The normalized spacial score (nSPS) is 10.7. The number of anilines is 1. The Labute approximate surface area is 197 Å². The van der Waals surface area contributed by atoms with Crippen LogP contribution in [0.4, 0.5) is 5.69 Å². The molecule has 0 saturated carbocycles. The minimum Gasteiger partial charge on any atom is -0.488 e. The lowest BCUT2D eigenvalue weighted by molar-refractivity contribution is -0.136. The highest BCUT2D eigenvalue weighted by molar-refractivity contribution is 9.10. The minimum absolute atomic E-state index is 0.322. The van der Waals surface area contributed by atoms with Crippen molar-refractivity contribution in [2.24, 2.45) is 5.10 Å². The highest BCUT2D eigenvalue weighted by Crippen LogP contribution is 2.27. The van der Waals surface area contributed by atoms with Crippen molar-refractivity contribution in [3.8, 4) is 5.75 Å². The molecule has 0 bridgehead atoms. The number of nitrogens with zero attached hydrogens (tertiary/aromatic N) is 1. The summed E-state index contributed by atoms with van der Waals surface area (Å²) in [7, 11) is 0. The van der Waals surface area contributed by atoms with Crippen LogP contribution in [0.3, 0.4) is 0 Å². The molecule has 0 saturated heterocycles. The van der Waals surface area contributed by atoms with Crippen molar-refractivity contribution in [2.45, 2.75) is 6.61 Å². The van der Waals surface area contributed by atoms with Gasteiger partial charge in [0.15, 0.2) is 0 Å². The first-order chi connectivity index (χ1) is 14.9. The number of rotatable bonds is 6. The van der Waals surface area contributed by atoms with Crippen molar-refractivity contribution in [3.05, 3.63) is 92.4 Å². The molecule has 0 aliphatic carbocycles. The van der Waals surface area contributed by atoms with Gasteiger partial charge in [-0.3, -0.25) is 9.59 Å². The summed E-state index contributed by atoms with van der Waals surface area (Å²) in [4.78, 5) is 23.8. The molecule has 0 unspecified atom stereocenters. The molecule has 9 heteroatoms. The van der Waals surface area contributed by atoms with Crippen molar-refractivity contribution < 1.29 is 14.3 Å². The average Bonchev–Trinajstić information content (AvgIpc) is 2.75. The second-order valence-electron chi connectivity index (χ2n) is 6.20. The van der Waals surface area contributed by atoms with Gasteiger partial charge in [-0.2, -0.15) is 5.10 Å². The van der Waals surface area contributed by atoms with Crippen LogP contribution in [0.5, 0.6) is 5.75 Å². The third kappa shape index (κ3) is 6.55. The van der Waals surface area contributed by atoms with Gasteiger partial charge >= 0.3 is 11.8 Å². The highest BCUT2D eigenvalue weighted by atomic mass is 79.9. The fourth-order valence-corrected chi connectivity index (χ4v) is 3.33. The van der Waals surface area contributed by atoms with Gasteiger partial charge < -0.3 is 10.1 Å². The fraction of sp³-hybridized carbons (Fsp3) is 0.0455. The van der Waals surface area contributed by atoms with E-state index in [1.807, 2.05) is 18.2 Å². The van der Waals surface area contributed by atoms with Crippen molar-refractivity contribution >= 4 is 62.8 Å². The van der Waals surface area contributed by atoms with E-state index < -0.39 is 11.8 Å². The molecule has 3 aromatic carbocycles. The quantitative estimate of drug-likeness (QED) is 0.258. The number of benzene rings is 3. The second-order valence-corrected chi connectivity index (χ2v) is 7.87. The Morgan fingerprint density at radius 2 is 1.68 bits per heavy atom. The molecular formula is C22H16BrCl2N3O3. The van der Waals surface area contributed by atoms with E-state index >= 15 is 0 Å². The van der Waals surface area contributed by atoms with Gasteiger partial charge in [0.25, 0.3) is 0 Å². The molecule has 0 atom stereocenters. The van der Waals surface area contributed by atoms with Crippen LogP contribution < -0.4 is 15.5 Å². The molecule has 2 N–H and O–H groups in total. The summed E-state index contributed by atoms with van der Waals surface area (Å²) in [6.45, 7) is 0.322. The standard InChI is InChI=1S/C22H16BrCl2N3O3/c23-16-11-14(9-10-20(16)31-13-15-5-1-2-6-17(15)24)12-26-28-22(30)21(29)27-19-8-4-3-7-18(19)25/h1-12H,13H2,(H,27,29)(H,28,30)/b26-12-. The zero-order valence-electron chi connectivity index (χ0n) is 15.9. The van der Waals surface area contributed by atoms with Gasteiger partial charge in [-0.15, -0.1) is 0 Å². The third-order valence-corrected chi connectivity index (χ3v) is 5.32. The van der Waals surface area contributed by atoms with E-state index in [-0.39, 0.29) is 0 Å². The Balaban J connectivity index is 1.54. The summed E-state index contributed by atoms with van der Waals surface area (Å²) in [5.41, 5.74) is 4.07. The summed E-state index contributed by atoms with van der Waals surface area (Å²) in [6, 6.07) is 19.3. The summed E-state index contributed by atoms with van der Waals surface area (Å²) in [5.74, 6) is -1.18. The lowest BCUT2D eigenvalue weighted by atomic mass is 10.2. The number of hydrogen-bond acceptors (Lipinski definition) is 4. The molecule has 0 heterocycles. The largest absolute Gasteiger partial charge is 0.488 e. The Bertz CT molecular complexity index is 1140. The predicted molar refractivity (Wildman–Crippen MR) is 126 cm³/mol. The van der Waals surface area contributed by atoms with E-state index in [2.05, 4.69) is 31.8 Å². The van der Waals surface area contributed by atoms with Gasteiger partial charge in [-0.25, -0.2) is 5.43 Å².